The predicted octanol–water partition coefficient (Wildman–Crippen LogP) is 1.20. The van der Waals surface area contributed by atoms with Gasteiger partial charge in [-0.25, -0.2) is 0 Å². The summed E-state index contributed by atoms with van der Waals surface area (Å²) < 4.78 is 5.16. The summed E-state index contributed by atoms with van der Waals surface area (Å²) in [4.78, 5) is 2.00. The standard InChI is InChI=1S/C7H7NO/c1-2-4-8-5-6-9-7(8)3-1/h1-7H. The molecule has 0 saturated carbocycles. The summed E-state index contributed by atoms with van der Waals surface area (Å²) in [5.41, 5.74) is 0. The Bertz CT molecular complexity index is 193. The van der Waals surface area contributed by atoms with Crippen LogP contribution in [0.25, 0.3) is 0 Å². The summed E-state index contributed by atoms with van der Waals surface area (Å²) in [7, 11) is 0. The minimum absolute atomic E-state index is 0.120. The zero-order chi connectivity index (χ0) is 6.10. The zero-order valence-electron chi connectivity index (χ0n) is 4.90. The molecule has 9 heavy (non-hydrogen) atoms. The maximum absolute atomic E-state index is 5.16. The molecule has 0 fully saturated rings. The lowest BCUT2D eigenvalue weighted by Crippen LogP contribution is -2.21. The molecule has 2 rings (SSSR count). The first-order valence-corrected chi connectivity index (χ1v) is 2.91. The van der Waals surface area contributed by atoms with Crippen LogP contribution in [-0.4, -0.2) is 11.1 Å². The van der Waals surface area contributed by atoms with Crippen LogP contribution in [0.3, 0.4) is 0 Å². The van der Waals surface area contributed by atoms with E-state index >= 15 is 0 Å². The van der Waals surface area contributed by atoms with Gasteiger partial charge in [0.2, 0.25) is 0 Å². The molecule has 2 nitrogen and oxygen atoms in total. The van der Waals surface area contributed by atoms with Crippen LogP contribution in [0.1, 0.15) is 0 Å². The molecule has 0 N–H and O–H groups in total. The van der Waals surface area contributed by atoms with Crippen LogP contribution in [0.5, 0.6) is 0 Å². The zero-order valence-corrected chi connectivity index (χ0v) is 4.90. The average molecular weight is 121 g/mol. The Morgan fingerprint density at radius 3 is 3.11 bits per heavy atom. The minimum Gasteiger partial charge on any atom is -0.473 e. The molecule has 0 aliphatic carbocycles. The lowest BCUT2D eigenvalue weighted by Gasteiger charge is -2.18. The van der Waals surface area contributed by atoms with Gasteiger partial charge in [-0.15, -0.1) is 0 Å². The highest BCUT2D eigenvalue weighted by molar-refractivity contribution is 5.15. The van der Waals surface area contributed by atoms with Crippen LogP contribution >= 0.6 is 0 Å². The van der Waals surface area contributed by atoms with E-state index in [4.69, 9.17) is 4.74 Å². The van der Waals surface area contributed by atoms with Crippen molar-refractivity contribution in [3.63, 3.8) is 0 Å². The van der Waals surface area contributed by atoms with Crippen LogP contribution in [0, 0.1) is 0 Å². The van der Waals surface area contributed by atoms with Gasteiger partial charge in [-0.3, -0.25) is 0 Å². The summed E-state index contributed by atoms with van der Waals surface area (Å²) >= 11 is 0. The van der Waals surface area contributed by atoms with Gasteiger partial charge in [0.05, 0.1) is 0 Å². The van der Waals surface area contributed by atoms with E-state index in [1.54, 1.807) is 6.26 Å². The van der Waals surface area contributed by atoms with Crippen LogP contribution in [0.15, 0.2) is 36.9 Å². The third-order valence-electron chi connectivity index (χ3n) is 1.39. The third-order valence-corrected chi connectivity index (χ3v) is 1.39. The van der Waals surface area contributed by atoms with Gasteiger partial charge >= 0.3 is 0 Å². The number of allylic oxidation sites excluding steroid dienone is 2. The lowest BCUT2D eigenvalue weighted by atomic mass is 10.3. The van der Waals surface area contributed by atoms with Crippen LogP contribution < -0.4 is 0 Å². The Morgan fingerprint density at radius 2 is 2.22 bits per heavy atom. The molecule has 0 aromatic heterocycles. The van der Waals surface area contributed by atoms with Gasteiger partial charge in [-0.05, 0) is 12.2 Å². The Morgan fingerprint density at radius 1 is 1.22 bits per heavy atom. The number of rotatable bonds is 0. The molecular weight excluding hydrogens is 114 g/mol. The fraction of sp³-hybridized carbons (Fsp3) is 0.143. The molecule has 1 unspecified atom stereocenters. The molecule has 0 amide bonds. The summed E-state index contributed by atoms with van der Waals surface area (Å²) in [6.07, 6.45) is 11.7. The highest BCUT2D eigenvalue weighted by Gasteiger charge is 2.15. The van der Waals surface area contributed by atoms with Crippen molar-refractivity contribution in [1.29, 1.82) is 0 Å². The fourth-order valence-corrected chi connectivity index (χ4v) is 0.929. The molecule has 2 heterocycles. The van der Waals surface area contributed by atoms with Gasteiger partial charge < -0.3 is 9.64 Å². The van der Waals surface area contributed by atoms with Gasteiger partial charge in [0.25, 0.3) is 0 Å². The van der Waals surface area contributed by atoms with Gasteiger partial charge in [0.1, 0.15) is 6.26 Å². The molecule has 0 saturated heterocycles. The Kier molecular flexibility index (Phi) is 0.859. The van der Waals surface area contributed by atoms with Crippen molar-refractivity contribution in [2.45, 2.75) is 6.23 Å². The number of ether oxygens (including phenoxy) is 1. The Hall–Kier alpha value is -1.18. The van der Waals surface area contributed by atoms with E-state index in [0.29, 0.717) is 0 Å². The Labute approximate surface area is 53.7 Å². The van der Waals surface area contributed by atoms with Crippen molar-refractivity contribution in [3.05, 3.63) is 36.9 Å². The van der Waals surface area contributed by atoms with Crippen molar-refractivity contribution >= 4 is 0 Å². The summed E-state index contributed by atoms with van der Waals surface area (Å²) in [6, 6.07) is 0. The second-order valence-electron chi connectivity index (χ2n) is 1.99. The van der Waals surface area contributed by atoms with E-state index in [-0.39, 0.29) is 6.23 Å². The largest absolute Gasteiger partial charge is 0.473 e. The number of hydrogen-bond acceptors (Lipinski definition) is 2. The number of fused-ring (bicyclic) bond motifs is 1. The molecule has 0 bridgehead atoms. The van der Waals surface area contributed by atoms with Crippen LogP contribution in [0.2, 0.25) is 0 Å². The van der Waals surface area contributed by atoms with Crippen molar-refractivity contribution in [3.8, 4) is 0 Å². The Balaban J connectivity index is 2.25. The lowest BCUT2D eigenvalue weighted by molar-refractivity contribution is 0.128. The fourth-order valence-electron chi connectivity index (χ4n) is 0.929. The second-order valence-corrected chi connectivity index (χ2v) is 1.99. The van der Waals surface area contributed by atoms with Crippen LogP contribution in [-0.2, 0) is 4.74 Å². The van der Waals surface area contributed by atoms with Crippen LogP contribution in [0.4, 0.5) is 0 Å². The average Bonchev–Trinajstić information content (AvgIpc) is 2.33. The predicted molar refractivity (Wildman–Crippen MR) is 34.1 cm³/mol. The molecular formula is C7H7NO. The molecule has 2 heteroatoms. The summed E-state index contributed by atoms with van der Waals surface area (Å²) in [5, 5.41) is 0. The maximum Gasteiger partial charge on any atom is 0.194 e. The maximum atomic E-state index is 5.16. The van der Waals surface area contributed by atoms with E-state index in [9.17, 15) is 0 Å². The first-order valence-electron chi connectivity index (χ1n) is 2.91. The van der Waals surface area contributed by atoms with E-state index in [1.807, 2.05) is 35.5 Å². The summed E-state index contributed by atoms with van der Waals surface area (Å²) in [5.74, 6) is 0. The highest BCUT2D eigenvalue weighted by atomic mass is 16.5. The molecule has 2 aliphatic heterocycles. The molecule has 46 valence electrons. The van der Waals surface area contributed by atoms with Gasteiger partial charge in [-0.2, -0.15) is 0 Å². The normalized spacial score (nSPS) is 28.4. The SMILES string of the molecule is C1=CC2OC=CN2C=C1. The highest BCUT2D eigenvalue weighted by Crippen LogP contribution is 2.15. The number of nitrogens with zero attached hydrogens (tertiary/aromatic N) is 1. The number of hydrogen-bond donors (Lipinski definition) is 0. The molecule has 1 atom stereocenters. The third kappa shape index (κ3) is 0.633. The molecule has 0 radical (unpaired) electrons. The smallest absolute Gasteiger partial charge is 0.194 e. The molecule has 0 spiro atoms. The molecule has 0 aromatic carbocycles. The van der Waals surface area contributed by atoms with E-state index in [2.05, 4.69) is 0 Å². The van der Waals surface area contributed by atoms with Crippen molar-refractivity contribution in [2.24, 2.45) is 0 Å². The molecule has 0 aromatic rings. The first kappa shape index (κ1) is 4.68. The van der Waals surface area contributed by atoms with Crippen molar-refractivity contribution in [1.82, 2.24) is 4.90 Å². The van der Waals surface area contributed by atoms with E-state index in [0.717, 1.165) is 0 Å². The van der Waals surface area contributed by atoms with Gasteiger partial charge in [0, 0.05) is 12.4 Å². The summed E-state index contributed by atoms with van der Waals surface area (Å²) in [6.45, 7) is 0. The first-order chi connectivity index (χ1) is 4.47. The van der Waals surface area contributed by atoms with E-state index in [1.165, 1.54) is 0 Å². The van der Waals surface area contributed by atoms with Gasteiger partial charge in [0.15, 0.2) is 6.23 Å². The topological polar surface area (TPSA) is 12.5 Å². The second kappa shape index (κ2) is 1.65. The minimum atomic E-state index is 0.120. The van der Waals surface area contributed by atoms with Crippen molar-refractivity contribution in [2.75, 3.05) is 0 Å². The monoisotopic (exact) mass is 121 g/mol. The van der Waals surface area contributed by atoms with Crippen molar-refractivity contribution < 1.29 is 4.74 Å². The molecule has 2 aliphatic rings. The quantitative estimate of drug-likeness (QED) is 0.477. The van der Waals surface area contributed by atoms with E-state index < -0.39 is 0 Å². The van der Waals surface area contributed by atoms with Gasteiger partial charge in [-0.1, -0.05) is 6.08 Å².